The molecule has 0 aliphatic carbocycles. The van der Waals surface area contributed by atoms with Crippen molar-refractivity contribution in [1.82, 2.24) is 0 Å². The number of benzene rings is 1. The predicted molar refractivity (Wildman–Crippen MR) is 64.5 cm³/mol. The van der Waals surface area contributed by atoms with Crippen molar-refractivity contribution in [3.05, 3.63) is 35.9 Å². The third-order valence-electron chi connectivity index (χ3n) is 2.31. The second kappa shape index (κ2) is 7.01. The number of hydrogen-bond donors (Lipinski definition) is 0. The zero-order chi connectivity index (χ0) is 12.7. The molecule has 0 amide bonds. The van der Waals surface area contributed by atoms with E-state index in [2.05, 4.69) is 15.9 Å². The third kappa shape index (κ3) is 6.07. The van der Waals surface area contributed by atoms with E-state index in [9.17, 15) is 13.2 Å². The molecule has 1 aromatic rings. The van der Waals surface area contributed by atoms with E-state index in [-0.39, 0.29) is 12.5 Å². The van der Waals surface area contributed by atoms with Crippen LogP contribution in [0.15, 0.2) is 30.3 Å². The zero-order valence-corrected chi connectivity index (χ0v) is 10.8. The third-order valence-corrected chi connectivity index (χ3v) is 3.09. The maximum Gasteiger partial charge on any atom is 0.391 e. The molecule has 0 N–H and O–H groups in total. The van der Waals surface area contributed by atoms with Gasteiger partial charge in [0.05, 0.1) is 19.6 Å². The van der Waals surface area contributed by atoms with Gasteiger partial charge in [0.15, 0.2) is 0 Å². The largest absolute Gasteiger partial charge is 0.391 e. The summed E-state index contributed by atoms with van der Waals surface area (Å²) in [5.41, 5.74) is 1.07. The fourth-order valence-electron chi connectivity index (χ4n) is 1.37. The SMILES string of the molecule is FC(F)(F)CCOCC(CBr)c1ccccc1. The Balaban J connectivity index is 2.34. The molecule has 17 heavy (non-hydrogen) atoms. The van der Waals surface area contributed by atoms with Crippen molar-refractivity contribution in [1.29, 1.82) is 0 Å². The van der Waals surface area contributed by atoms with Gasteiger partial charge in [-0.3, -0.25) is 0 Å². The maximum atomic E-state index is 11.9. The zero-order valence-electron chi connectivity index (χ0n) is 9.21. The molecule has 96 valence electrons. The molecular formula is C12H14BrF3O. The summed E-state index contributed by atoms with van der Waals surface area (Å²) in [4.78, 5) is 0. The van der Waals surface area contributed by atoms with Crippen LogP contribution >= 0.6 is 15.9 Å². The van der Waals surface area contributed by atoms with Crippen LogP contribution in [0, 0.1) is 0 Å². The minimum atomic E-state index is -4.14. The first kappa shape index (κ1) is 14.5. The molecule has 0 aliphatic rings. The summed E-state index contributed by atoms with van der Waals surface area (Å²) in [6, 6.07) is 9.60. The normalized spacial score (nSPS) is 13.6. The summed E-state index contributed by atoms with van der Waals surface area (Å²) in [6.07, 6.45) is -5.03. The van der Waals surface area contributed by atoms with Crippen LogP contribution in [-0.4, -0.2) is 24.7 Å². The van der Waals surface area contributed by atoms with Crippen molar-refractivity contribution in [2.75, 3.05) is 18.5 Å². The molecule has 0 radical (unpaired) electrons. The van der Waals surface area contributed by atoms with Gasteiger partial charge in [-0.15, -0.1) is 0 Å². The fourth-order valence-corrected chi connectivity index (χ4v) is 1.93. The van der Waals surface area contributed by atoms with E-state index < -0.39 is 12.6 Å². The molecule has 1 nitrogen and oxygen atoms in total. The molecule has 5 heteroatoms. The highest BCUT2D eigenvalue weighted by Gasteiger charge is 2.26. The van der Waals surface area contributed by atoms with Gasteiger partial charge in [-0.25, -0.2) is 0 Å². The summed E-state index contributed by atoms with van der Waals surface area (Å²) in [6.45, 7) is 0.0190. The number of hydrogen-bond acceptors (Lipinski definition) is 1. The summed E-state index contributed by atoms with van der Waals surface area (Å²) < 4.78 is 40.8. The van der Waals surface area contributed by atoms with Gasteiger partial charge in [0.25, 0.3) is 0 Å². The van der Waals surface area contributed by atoms with Crippen LogP contribution in [0.4, 0.5) is 13.2 Å². The summed E-state index contributed by atoms with van der Waals surface area (Å²) >= 11 is 3.34. The predicted octanol–water partition coefficient (Wildman–Crippen LogP) is 4.13. The summed E-state index contributed by atoms with van der Waals surface area (Å²) in [7, 11) is 0. The first-order valence-electron chi connectivity index (χ1n) is 5.28. The van der Waals surface area contributed by atoms with Gasteiger partial charge in [0.1, 0.15) is 0 Å². The molecule has 0 fully saturated rings. The summed E-state index contributed by atoms with van der Waals surface area (Å²) in [5.74, 6) is 0.0874. The molecule has 1 unspecified atom stereocenters. The molecular weight excluding hydrogens is 297 g/mol. The standard InChI is InChI=1S/C12H14BrF3O/c13-8-11(10-4-2-1-3-5-10)9-17-7-6-12(14,15)16/h1-5,11H,6-9H2. The molecule has 0 heterocycles. The van der Waals surface area contributed by atoms with Gasteiger partial charge in [0, 0.05) is 11.2 Å². The van der Waals surface area contributed by atoms with Crippen LogP contribution in [0.2, 0.25) is 0 Å². The number of halogens is 4. The summed E-state index contributed by atoms with van der Waals surface area (Å²) in [5, 5.41) is 0.670. The molecule has 1 aromatic carbocycles. The topological polar surface area (TPSA) is 9.23 Å². The minimum Gasteiger partial charge on any atom is -0.380 e. The van der Waals surface area contributed by atoms with Crippen molar-refractivity contribution in [3.63, 3.8) is 0 Å². The van der Waals surface area contributed by atoms with E-state index in [0.29, 0.717) is 11.9 Å². The van der Waals surface area contributed by atoms with E-state index in [4.69, 9.17) is 4.74 Å². The van der Waals surface area contributed by atoms with Crippen molar-refractivity contribution in [3.8, 4) is 0 Å². The number of rotatable bonds is 6. The molecule has 0 bridgehead atoms. The van der Waals surface area contributed by atoms with Gasteiger partial charge >= 0.3 is 6.18 Å². The van der Waals surface area contributed by atoms with E-state index in [0.717, 1.165) is 5.56 Å². The first-order valence-corrected chi connectivity index (χ1v) is 6.40. The Kier molecular flexibility index (Phi) is 5.98. The Morgan fingerprint density at radius 2 is 1.82 bits per heavy atom. The van der Waals surface area contributed by atoms with E-state index >= 15 is 0 Å². The lowest BCUT2D eigenvalue weighted by atomic mass is 10.0. The highest BCUT2D eigenvalue weighted by molar-refractivity contribution is 9.09. The molecule has 0 aromatic heterocycles. The monoisotopic (exact) mass is 310 g/mol. The van der Waals surface area contributed by atoms with Crippen molar-refractivity contribution in [2.24, 2.45) is 0 Å². The van der Waals surface area contributed by atoms with Crippen LogP contribution < -0.4 is 0 Å². The lowest BCUT2D eigenvalue weighted by Crippen LogP contribution is -2.15. The highest BCUT2D eigenvalue weighted by Crippen LogP contribution is 2.21. The maximum absolute atomic E-state index is 11.9. The van der Waals surface area contributed by atoms with Crippen molar-refractivity contribution >= 4 is 15.9 Å². The Labute approximate surface area is 107 Å². The lowest BCUT2D eigenvalue weighted by molar-refractivity contribution is -0.145. The molecule has 0 aliphatic heterocycles. The second-order valence-electron chi connectivity index (χ2n) is 3.70. The Hall–Kier alpha value is -0.550. The molecule has 1 atom stereocenters. The smallest absolute Gasteiger partial charge is 0.380 e. The van der Waals surface area contributed by atoms with Crippen molar-refractivity contribution < 1.29 is 17.9 Å². The molecule has 0 saturated heterocycles. The lowest BCUT2D eigenvalue weighted by Gasteiger charge is -2.15. The Morgan fingerprint density at radius 3 is 2.35 bits per heavy atom. The van der Waals surface area contributed by atoms with Gasteiger partial charge in [-0.1, -0.05) is 46.3 Å². The van der Waals surface area contributed by atoms with E-state index in [1.807, 2.05) is 30.3 Å². The van der Waals surface area contributed by atoms with Gasteiger partial charge < -0.3 is 4.74 Å². The Morgan fingerprint density at radius 1 is 1.18 bits per heavy atom. The first-order chi connectivity index (χ1) is 8.03. The molecule has 1 rings (SSSR count). The molecule has 0 spiro atoms. The van der Waals surface area contributed by atoms with Gasteiger partial charge in [-0.2, -0.15) is 13.2 Å². The number of ether oxygens (including phenoxy) is 1. The van der Waals surface area contributed by atoms with Crippen LogP contribution in [0.3, 0.4) is 0 Å². The van der Waals surface area contributed by atoms with Gasteiger partial charge in [0.2, 0.25) is 0 Å². The Bertz CT molecular complexity index is 313. The van der Waals surface area contributed by atoms with Crippen molar-refractivity contribution in [2.45, 2.75) is 18.5 Å². The number of alkyl halides is 4. The highest BCUT2D eigenvalue weighted by atomic mass is 79.9. The quantitative estimate of drug-likeness (QED) is 0.567. The second-order valence-corrected chi connectivity index (χ2v) is 4.35. The fraction of sp³-hybridized carbons (Fsp3) is 0.500. The van der Waals surface area contributed by atoms with Crippen LogP contribution in [-0.2, 0) is 4.74 Å². The van der Waals surface area contributed by atoms with E-state index in [1.54, 1.807) is 0 Å². The van der Waals surface area contributed by atoms with Crippen LogP contribution in [0.25, 0.3) is 0 Å². The van der Waals surface area contributed by atoms with Gasteiger partial charge in [-0.05, 0) is 5.56 Å². The van der Waals surface area contributed by atoms with E-state index in [1.165, 1.54) is 0 Å². The minimum absolute atomic E-state index is 0.0874. The average molecular weight is 311 g/mol. The molecule has 0 saturated carbocycles. The van der Waals surface area contributed by atoms with Crippen LogP contribution in [0.5, 0.6) is 0 Å². The average Bonchev–Trinajstić information content (AvgIpc) is 2.29. The van der Waals surface area contributed by atoms with Crippen LogP contribution in [0.1, 0.15) is 17.9 Å².